The van der Waals surface area contributed by atoms with Crippen LogP contribution in [0.25, 0.3) is 0 Å². The highest BCUT2D eigenvalue weighted by Gasteiger charge is 2.46. The van der Waals surface area contributed by atoms with Gasteiger partial charge < -0.3 is 5.73 Å². The van der Waals surface area contributed by atoms with Gasteiger partial charge in [0.05, 0.1) is 0 Å². The van der Waals surface area contributed by atoms with E-state index in [1.807, 2.05) is 0 Å². The second-order valence-electron chi connectivity index (χ2n) is 5.20. The lowest BCUT2D eigenvalue weighted by molar-refractivity contribution is 0.231. The maximum atomic E-state index is 5.71. The Morgan fingerprint density at radius 1 is 1.27 bits per heavy atom. The Hall–Kier alpha value is -0.820. The monoisotopic (exact) mass is 201 g/mol. The van der Waals surface area contributed by atoms with E-state index in [4.69, 9.17) is 5.73 Å². The van der Waals surface area contributed by atoms with Crippen LogP contribution in [0, 0.1) is 0 Å². The van der Waals surface area contributed by atoms with Crippen molar-refractivity contribution < 1.29 is 0 Å². The summed E-state index contributed by atoms with van der Waals surface area (Å²) in [6, 6.07) is 9.05. The average Bonchev–Trinajstić information content (AvgIpc) is 2.54. The zero-order valence-corrected chi connectivity index (χ0v) is 9.21. The number of rotatable bonds is 2. The Morgan fingerprint density at radius 2 is 2.07 bits per heavy atom. The summed E-state index contributed by atoms with van der Waals surface area (Å²) in [5, 5.41) is 0. The van der Waals surface area contributed by atoms with Gasteiger partial charge in [0.25, 0.3) is 0 Å². The molecule has 0 saturated heterocycles. The van der Waals surface area contributed by atoms with Gasteiger partial charge in [-0.2, -0.15) is 0 Å². The molecule has 0 heterocycles. The third-order valence-corrected chi connectivity index (χ3v) is 4.43. The Bertz CT molecular complexity index is 365. The summed E-state index contributed by atoms with van der Waals surface area (Å²) in [5.41, 5.74) is 9.53. The topological polar surface area (TPSA) is 26.0 Å². The summed E-state index contributed by atoms with van der Waals surface area (Å²) < 4.78 is 0. The van der Waals surface area contributed by atoms with Gasteiger partial charge in [-0.1, -0.05) is 30.7 Å². The largest absolute Gasteiger partial charge is 0.330 e. The van der Waals surface area contributed by atoms with Crippen molar-refractivity contribution in [2.75, 3.05) is 6.54 Å². The SMILES string of the molecule is NCCC1CC2(CCC2)c2ccccc21. The second kappa shape index (κ2) is 3.34. The van der Waals surface area contributed by atoms with Gasteiger partial charge in [-0.05, 0) is 54.7 Å². The van der Waals surface area contributed by atoms with Crippen LogP contribution in [0.3, 0.4) is 0 Å². The second-order valence-corrected chi connectivity index (χ2v) is 5.20. The number of hydrogen-bond donors (Lipinski definition) is 1. The lowest BCUT2D eigenvalue weighted by Crippen LogP contribution is -2.31. The molecule has 2 aliphatic rings. The van der Waals surface area contributed by atoms with Crippen molar-refractivity contribution in [1.29, 1.82) is 0 Å². The minimum absolute atomic E-state index is 0.566. The molecule has 1 aromatic rings. The molecule has 0 aliphatic heterocycles. The molecule has 2 N–H and O–H groups in total. The molecule has 1 spiro atoms. The number of fused-ring (bicyclic) bond motifs is 2. The predicted molar refractivity (Wildman–Crippen MR) is 63.0 cm³/mol. The first-order chi connectivity index (χ1) is 7.36. The highest BCUT2D eigenvalue weighted by atomic mass is 14.6. The van der Waals surface area contributed by atoms with Crippen molar-refractivity contribution >= 4 is 0 Å². The molecule has 15 heavy (non-hydrogen) atoms. The Kier molecular flexibility index (Phi) is 2.10. The smallest absolute Gasteiger partial charge is 0.00383 e. The fourth-order valence-electron chi connectivity index (χ4n) is 3.56. The van der Waals surface area contributed by atoms with E-state index < -0.39 is 0 Å². The molecule has 1 unspecified atom stereocenters. The molecule has 0 amide bonds. The molecular formula is C14H19N. The maximum absolute atomic E-state index is 5.71. The minimum Gasteiger partial charge on any atom is -0.330 e. The fraction of sp³-hybridized carbons (Fsp3) is 0.571. The number of benzene rings is 1. The first kappa shape index (κ1) is 9.41. The zero-order valence-electron chi connectivity index (χ0n) is 9.21. The molecule has 1 fully saturated rings. The molecule has 0 bridgehead atoms. The van der Waals surface area contributed by atoms with Crippen LogP contribution in [0.4, 0.5) is 0 Å². The van der Waals surface area contributed by atoms with Gasteiger partial charge in [0.2, 0.25) is 0 Å². The van der Waals surface area contributed by atoms with Crippen molar-refractivity contribution in [2.24, 2.45) is 5.73 Å². The van der Waals surface area contributed by atoms with Crippen molar-refractivity contribution in [3.8, 4) is 0 Å². The maximum Gasteiger partial charge on any atom is -0.00383 e. The first-order valence-electron chi connectivity index (χ1n) is 6.15. The quantitative estimate of drug-likeness (QED) is 0.782. The van der Waals surface area contributed by atoms with E-state index in [9.17, 15) is 0 Å². The van der Waals surface area contributed by atoms with E-state index in [0.29, 0.717) is 5.41 Å². The van der Waals surface area contributed by atoms with Crippen LogP contribution >= 0.6 is 0 Å². The lowest BCUT2D eigenvalue weighted by atomic mass is 9.65. The zero-order chi connectivity index (χ0) is 10.3. The third-order valence-electron chi connectivity index (χ3n) is 4.43. The molecule has 1 atom stereocenters. The number of nitrogens with two attached hydrogens (primary N) is 1. The Morgan fingerprint density at radius 3 is 2.73 bits per heavy atom. The van der Waals surface area contributed by atoms with Gasteiger partial charge in [-0.25, -0.2) is 0 Å². The van der Waals surface area contributed by atoms with E-state index in [2.05, 4.69) is 24.3 Å². The van der Waals surface area contributed by atoms with Gasteiger partial charge in [0.15, 0.2) is 0 Å². The molecule has 1 heteroatoms. The highest BCUT2D eigenvalue weighted by Crippen LogP contribution is 2.57. The minimum atomic E-state index is 0.566. The predicted octanol–water partition coefficient (Wildman–Crippen LogP) is 2.94. The molecule has 80 valence electrons. The van der Waals surface area contributed by atoms with Crippen LogP contribution in [-0.2, 0) is 5.41 Å². The van der Waals surface area contributed by atoms with Crippen molar-refractivity contribution in [2.45, 2.75) is 43.4 Å². The molecular weight excluding hydrogens is 182 g/mol. The summed E-state index contributed by atoms with van der Waals surface area (Å²) >= 11 is 0. The molecule has 3 rings (SSSR count). The lowest BCUT2D eigenvalue weighted by Gasteiger charge is -2.39. The normalized spacial score (nSPS) is 26.3. The van der Waals surface area contributed by atoms with Gasteiger partial charge in [-0.15, -0.1) is 0 Å². The Balaban J connectivity index is 2.00. The van der Waals surface area contributed by atoms with Gasteiger partial charge in [-0.3, -0.25) is 0 Å². The van der Waals surface area contributed by atoms with Crippen LogP contribution in [0.1, 0.15) is 49.1 Å². The Labute approximate surface area is 91.7 Å². The summed E-state index contributed by atoms with van der Waals surface area (Å²) in [5.74, 6) is 0.742. The average molecular weight is 201 g/mol. The van der Waals surface area contributed by atoms with Crippen LogP contribution in [0.15, 0.2) is 24.3 Å². The van der Waals surface area contributed by atoms with E-state index in [0.717, 1.165) is 12.5 Å². The highest BCUT2D eigenvalue weighted by molar-refractivity contribution is 5.44. The van der Waals surface area contributed by atoms with Gasteiger partial charge >= 0.3 is 0 Å². The molecule has 1 saturated carbocycles. The van der Waals surface area contributed by atoms with Crippen molar-refractivity contribution in [1.82, 2.24) is 0 Å². The van der Waals surface area contributed by atoms with E-state index in [-0.39, 0.29) is 0 Å². The summed E-state index contributed by atoms with van der Waals surface area (Å²) in [7, 11) is 0. The van der Waals surface area contributed by atoms with Crippen molar-refractivity contribution in [3.63, 3.8) is 0 Å². The van der Waals surface area contributed by atoms with E-state index >= 15 is 0 Å². The standard InChI is InChI=1S/C14H19N/c15-9-6-11-10-14(7-3-8-14)13-5-2-1-4-12(11)13/h1-2,4-5,11H,3,6-10,15H2. The van der Waals surface area contributed by atoms with E-state index in [1.54, 1.807) is 11.1 Å². The molecule has 2 aliphatic carbocycles. The third kappa shape index (κ3) is 1.26. The molecule has 1 nitrogen and oxygen atoms in total. The summed E-state index contributed by atoms with van der Waals surface area (Å²) in [6.07, 6.45) is 6.77. The first-order valence-corrected chi connectivity index (χ1v) is 6.15. The summed E-state index contributed by atoms with van der Waals surface area (Å²) in [4.78, 5) is 0. The molecule has 1 aromatic carbocycles. The van der Waals surface area contributed by atoms with E-state index in [1.165, 1.54) is 32.1 Å². The fourth-order valence-corrected chi connectivity index (χ4v) is 3.56. The summed E-state index contributed by atoms with van der Waals surface area (Å²) in [6.45, 7) is 0.828. The van der Waals surface area contributed by atoms with Crippen LogP contribution in [-0.4, -0.2) is 6.54 Å². The van der Waals surface area contributed by atoms with Crippen LogP contribution in [0.5, 0.6) is 0 Å². The van der Waals surface area contributed by atoms with Crippen LogP contribution in [0.2, 0.25) is 0 Å². The number of hydrogen-bond acceptors (Lipinski definition) is 1. The molecule has 0 aromatic heterocycles. The van der Waals surface area contributed by atoms with Gasteiger partial charge in [0.1, 0.15) is 0 Å². The molecule has 0 radical (unpaired) electrons. The van der Waals surface area contributed by atoms with Crippen molar-refractivity contribution in [3.05, 3.63) is 35.4 Å². The van der Waals surface area contributed by atoms with Crippen LogP contribution < -0.4 is 5.73 Å². The van der Waals surface area contributed by atoms with Gasteiger partial charge in [0, 0.05) is 0 Å².